The lowest BCUT2D eigenvalue weighted by Gasteiger charge is -2.34. The number of carbonyl (C=O) groups excluding carboxylic acids is 1. The van der Waals surface area contributed by atoms with E-state index in [0.29, 0.717) is 13.2 Å². The largest absolute Gasteiger partial charge is 0.465 e. The van der Waals surface area contributed by atoms with Gasteiger partial charge in [-0.15, -0.1) is 0 Å². The molecule has 2 heterocycles. The van der Waals surface area contributed by atoms with Crippen LogP contribution in [0.5, 0.6) is 0 Å². The lowest BCUT2D eigenvalue weighted by atomic mass is 10.1. The number of aryl methyl sites for hydroxylation is 2. The number of nitrogens with one attached hydrogen (secondary N) is 1. The van der Waals surface area contributed by atoms with E-state index in [-0.39, 0.29) is 12.0 Å². The maximum atomic E-state index is 12.0. The Hall–Kier alpha value is -1.40. The van der Waals surface area contributed by atoms with E-state index in [1.54, 1.807) is 0 Å². The molecule has 1 fully saturated rings. The van der Waals surface area contributed by atoms with Crippen molar-refractivity contribution < 1.29 is 9.53 Å². The predicted molar refractivity (Wildman–Crippen MR) is 76.3 cm³/mol. The van der Waals surface area contributed by atoms with Crippen LogP contribution in [0, 0.1) is 0 Å². The number of nitrogens with zero attached hydrogens (tertiary/aromatic N) is 3. The third kappa shape index (κ3) is 3.37. The highest BCUT2D eigenvalue weighted by atomic mass is 16.5. The fourth-order valence-electron chi connectivity index (χ4n) is 2.51. The van der Waals surface area contributed by atoms with Crippen LogP contribution < -0.4 is 5.32 Å². The lowest BCUT2D eigenvalue weighted by molar-refractivity contribution is -0.150. The Morgan fingerprint density at radius 3 is 3.00 bits per heavy atom. The van der Waals surface area contributed by atoms with Crippen molar-refractivity contribution >= 4 is 5.97 Å². The first-order chi connectivity index (χ1) is 9.65. The Bertz CT molecular complexity index is 458. The molecule has 1 aromatic rings. The highest BCUT2D eigenvalue weighted by Crippen LogP contribution is 2.13. The van der Waals surface area contributed by atoms with E-state index in [4.69, 9.17) is 4.74 Å². The Balaban J connectivity index is 2.08. The molecule has 0 saturated carbocycles. The second-order valence-electron chi connectivity index (χ2n) is 5.05. The minimum Gasteiger partial charge on any atom is -0.465 e. The van der Waals surface area contributed by atoms with Gasteiger partial charge in [0.1, 0.15) is 6.04 Å². The van der Waals surface area contributed by atoms with Gasteiger partial charge in [-0.2, -0.15) is 5.10 Å². The number of hydrogen-bond acceptors (Lipinski definition) is 5. The Morgan fingerprint density at radius 2 is 2.35 bits per heavy atom. The monoisotopic (exact) mass is 280 g/mol. The molecule has 6 heteroatoms. The van der Waals surface area contributed by atoms with Gasteiger partial charge in [0, 0.05) is 33.2 Å². The molecular formula is C14H24N4O2. The second kappa shape index (κ2) is 6.85. The van der Waals surface area contributed by atoms with Crippen LogP contribution in [-0.2, 0) is 29.5 Å². The summed E-state index contributed by atoms with van der Waals surface area (Å²) in [5.41, 5.74) is 2.23. The SMILES string of the molecule is CCOC(=O)C1CNCCN1Cc1cc(CC)nn1C. The number of esters is 1. The molecular weight excluding hydrogens is 256 g/mol. The van der Waals surface area contributed by atoms with Gasteiger partial charge in [-0.05, 0) is 19.4 Å². The fourth-order valence-corrected chi connectivity index (χ4v) is 2.51. The third-order valence-electron chi connectivity index (χ3n) is 3.67. The molecule has 1 N–H and O–H groups in total. The van der Waals surface area contributed by atoms with Crippen molar-refractivity contribution in [1.29, 1.82) is 0 Å². The molecule has 1 aliphatic heterocycles. The van der Waals surface area contributed by atoms with E-state index in [1.807, 2.05) is 18.7 Å². The van der Waals surface area contributed by atoms with Crippen molar-refractivity contribution in [3.05, 3.63) is 17.5 Å². The first-order valence-corrected chi connectivity index (χ1v) is 7.28. The van der Waals surface area contributed by atoms with Gasteiger partial charge in [-0.3, -0.25) is 14.4 Å². The Morgan fingerprint density at radius 1 is 1.55 bits per heavy atom. The van der Waals surface area contributed by atoms with E-state index in [0.717, 1.165) is 37.4 Å². The summed E-state index contributed by atoms with van der Waals surface area (Å²) < 4.78 is 7.07. The van der Waals surface area contributed by atoms with Crippen molar-refractivity contribution in [3.63, 3.8) is 0 Å². The summed E-state index contributed by atoms with van der Waals surface area (Å²) in [5.74, 6) is -0.141. The molecule has 0 aliphatic carbocycles. The van der Waals surface area contributed by atoms with Crippen molar-refractivity contribution in [2.75, 3.05) is 26.2 Å². The quantitative estimate of drug-likeness (QED) is 0.787. The molecule has 0 amide bonds. The van der Waals surface area contributed by atoms with Gasteiger partial charge in [0.25, 0.3) is 0 Å². The van der Waals surface area contributed by atoms with E-state index in [2.05, 4.69) is 28.3 Å². The molecule has 2 rings (SSSR count). The molecule has 1 atom stereocenters. The van der Waals surface area contributed by atoms with Gasteiger partial charge in [0.2, 0.25) is 0 Å². The van der Waals surface area contributed by atoms with Crippen molar-refractivity contribution in [2.24, 2.45) is 7.05 Å². The summed E-state index contributed by atoms with van der Waals surface area (Å²) >= 11 is 0. The zero-order valence-corrected chi connectivity index (χ0v) is 12.6. The fraction of sp³-hybridized carbons (Fsp3) is 0.714. The Kier molecular flexibility index (Phi) is 5.14. The molecule has 0 spiro atoms. The van der Waals surface area contributed by atoms with Crippen LogP contribution in [0.3, 0.4) is 0 Å². The smallest absolute Gasteiger partial charge is 0.324 e. The van der Waals surface area contributed by atoms with Crippen LogP contribution in [-0.4, -0.2) is 52.9 Å². The summed E-state index contributed by atoms with van der Waals surface area (Å²) in [5, 5.41) is 7.72. The average Bonchev–Trinajstić information content (AvgIpc) is 2.80. The molecule has 0 aromatic carbocycles. The van der Waals surface area contributed by atoms with E-state index >= 15 is 0 Å². The van der Waals surface area contributed by atoms with Gasteiger partial charge in [-0.1, -0.05) is 6.92 Å². The maximum absolute atomic E-state index is 12.0. The standard InChI is InChI=1S/C14H24N4O2/c1-4-11-8-12(17(3)16-11)10-18-7-6-15-9-13(18)14(19)20-5-2/h8,13,15H,4-7,9-10H2,1-3H3. The van der Waals surface area contributed by atoms with Gasteiger partial charge in [0.05, 0.1) is 18.0 Å². The molecule has 112 valence electrons. The van der Waals surface area contributed by atoms with Crippen molar-refractivity contribution in [1.82, 2.24) is 20.0 Å². The van der Waals surface area contributed by atoms with Gasteiger partial charge in [-0.25, -0.2) is 0 Å². The molecule has 0 radical (unpaired) electrons. The lowest BCUT2D eigenvalue weighted by Crippen LogP contribution is -2.55. The summed E-state index contributed by atoms with van der Waals surface area (Å²) in [6.07, 6.45) is 0.927. The number of hydrogen-bond donors (Lipinski definition) is 1. The van der Waals surface area contributed by atoms with Crippen LogP contribution in [0.4, 0.5) is 0 Å². The van der Waals surface area contributed by atoms with Crippen LogP contribution in [0.2, 0.25) is 0 Å². The minimum atomic E-state index is -0.205. The van der Waals surface area contributed by atoms with E-state index in [9.17, 15) is 4.79 Å². The topological polar surface area (TPSA) is 59.4 Å². The van der Waals surface area contributed by atoms with E-state index < -0.39 is 0 Å². The average molecular weight is 280 g/mol. The summed E-state index contributed by atoms with van der Waals surface area (Å²) in [6.45, 7) is 7.48. The molecule has 1 saturated heterocycles. The van der Waals surface area contributed by atoms with Gasteiger partial charge < -0.3 is 10.1 Å². The highest BCUT2D eigenvalue weighted by molar-refractivity contribution is 5.76. The Labute approximate surface area is 120 Å². The number of rotatable bonds is 5. The minimum absolute atomic E-state index is 0.141. The zero-order valence-electron chi connectivity index (χ0n) is 12.6. The first-order valence-electron chi connectivity index (χ1n) is 7.28. The van der Waals surface area contributed by atoms with E-state index in [1.165, 1.54) is 0 Å². The van der Waals surface area contributed by atoms with Crippen LogP contribution >= 0.6 is 0 Å². The van der Waals surface area contributed by atoms with Crippen LogP contribution in [0.25, 0.3) is 0 Å². The number of piperazine rings is 1. The molecule has 0 bridgehead atoms. The molecule has 20 heavy (non-hydrogen) atoms. The third-order valence-corrected chi connectivity index (χ3v) is 3.67. The van der Waals surface area contributed by atoms with Crippen molar-refractivity contribution in [2.45, 2.75) is 32.9 Å². The second-order valence-corrected chi connectivity index (χ2v) is 5.05. The normalized spacial score (nSPS) is 20.1. The maximum Gasteiger partial charge on any atom is 0.324 e. The predicted octanol–water partition coefficient (Wildman–Crippen LogP) is 0.319. The summed E-state index contributed by atoms with van der Waals surface area (Å²) in [6, 6.07) is 1.91. The van der Waals surface area contributed by atoms with Gasteiger partial charge in [0.15, 0.2) is 0 Å². The van der Waals surface area contributed by atoms with Crippen molar-refractivity contribution in [3.8, 4) is 0 Å². The number of carbonyl (C=O) groups is 1. The molecule has 6 nitrogen and oxygen atoms in total. The molecule has 1 unspecified atom stereocenters. The number of ether oxygens (including phenoxy) is 1. The molecule has 1 aromatic heterocycles. The molecule has 1 aliphatic rings. The summed E-state index contributed by atoms with van der Waals surface area (Å²) in [7, 11) is 1.95. The van der Waals surface area contributed by atoms with Gasteiger partial charge >= 0.3 is 5.97 Å². The number of aromatic nitrogens is 2. The summed E-state index contributed by atoms with van der Waals surface area (Å²) in [4.78, 5) is 14.2. The van der Waals surface area contributed by atoms with Crippen LogP contribution in [0.1, 0.15) is 25.2 Å². The van der Waals surface area contributed by atoms with Crippen LogP contribution in [0.15, 0.2) is 6.07 Å². The first kappa shape index (κ1) is 15.0. The highest BCUT2D eigenvalue weighted by Gasteiger charge is 2.30. The zero-order chi connectivity index (χ0) is 14.5.